The molecule has 0 radical (unpaired) electrons. The van der Waals surface area contributed by atoms with Gasteiger partial charge in [0.25, 0.3) is 5.91 Å². The number of carbonyl (C=O) groups excluding carboxylic acids is 2. The number of carbonyl (C=O) groups is 2. The standard InChI is InChI=1S/C24H23N5O4S/c1-2-12-34(32)17-9-10-19-20(14-17)28-24(27-19)29-21(30)13-15-5-7-16(8-6-15)33-23-18(22(25)31)4-3-11-26-23/h3-11,14H,2,12-13H2,1H3,(H2,25,31)(H2,27,28,29,30). The Balaban J connectivity index is 1.39. The van der Waals surface area contributed by atoms with Gasteiger partial charge in [-0.1, -0.05) is 19.1 Å². The van der Waals surface area contributed by atoms with Gasteiger partial charge >= 0.3 is 0 Å². The Morgan fingerprint density at radius 1 is 1.15 bits per heavy atom. The van der Waals surface area contributed by atoms with E-state index in [1.54, 1.807) is 48.5 Å². The van der Waals surface area contributed by atoms with E-state index in [1.807, 2.05) is 6.92 Å². The van der Waals surface area contributed by atoms with E-state index in [4.69, 9.17) is 10.5 Å². The van der Waals surface area contributed by atoms with Gasteiger partial charge < -0.3 is 15.5 Å². The Hall–Kier alpha value is -4.05. The van der Waals surface area contributed by atoms with Crippen LogP contribution in [0.1, 0.15) is 29.3 Å². The fourth-order valence-corrected chi connectivity index (χ4v) is 4.38. The maximum Gasteiger partial charge on any atom is 0.254 e. The summed E-state index contributed by atoms with van der Waals surface area (Å²) in [4.78, 5) is 36.2. The number of hydrogen-bond acceptors (Lipinski definition) is 6. The molecule has 0 saturated carbocycles. The molecule has 0 spiro atoms. The summed E-state index contributed by atoms with van der Waals surface area (Å²) in [6.07, 6.45) is 2.46. The number of amides is 2. The fourth-order valence-electron chi connectivity index (χ4n) is 3.30. The summed E-state index contributed by atoms with van der Waals surface area (Å²) in [6.45, 7) is 1.99. The number of aromatic amines is 1. The lowest BCUT2D eigenvalue weighted by atomic mass is 10.1. The molecule has 2 amide bonds. The van der Waals surface area contributed by atoms with Crippen LogP contribution in [0.15, 0.2) is 65.7 Å². The summed E-state index contributed by atoms with van der Waals surface area (Å²) in [5.74, 6) is 0.621. The minimum absolute atomic E-state index is 0.118. The zero-order chi connectivity index (χ0) is 24.1. The number of pyridine rings is 1. The monoisotopic (exact) mass is 477 g/mol. The Bertz CT molecular complexity index is 1370. The Kier molecular flexibility index (Phi) is 6.98. The van der Waals surface area contributed by atoms with Gasteiger partial charge in [-0.3, -0.25) is 19.1 Å². The average Bonchev–Trinajstić information content (AvgIpc) is 3.22. The van der Waals surface area contributed by atoms with Crippen LogP contribution in [0.5, 0.6) is 11.6 Å². The van der Waals surface area contributed by atoms with Crippen LogP contribution in [0, 0.1) is 0 Å². The zero-order valence-electron chi connectivity index (χ0n) is 18.4. The normalized spacial score (nSPS) is 11.8. The quantitative estimate of drug-likeness (QED) is 0.337. The van der Waals surface area contributed by atoms with Gasteiger partial charge in [0.2, 0.25) is 17.7 Å². The minimum Gasteiger partial charge on any atom is -0.438 e. The number of hydrogen-bond donors (Lipinski definition) is 3. The molecule has 4 rings (SSSR count). The molecule has 34 heavy (non-hydrogen) atoms. The first-order chi connectivity index (χ1) is 16.4. The van der Waals surface area contributed by atoms with Crippen molar-refractivity contribution >= 4 is 39.6 Å². The van der Waals surface area contributed by atoms with E-state index in [9.17, 15) is 13.8 Å². The van der Waals surface area contributed by atoms with Crippen LogP contribution < -0.4 is 15.8 Å². The number of primary amides is 1. The molecule has 0 aliphatic carbocycles. The van der Waals surface area contributed by atoms with Gasteiger partial charge in [0.05, 0.1) is 28.3 Å². The number of nitrogens with zero attached hydrogens (tertiary/aromatic N) is 2. The highest BCUT2D eigenvalue weighted by molar-refractivity contribution is 7.85. The van der Waals surface area contributed by atoms with E-state index in [0.29, 0.717) is 28.5 Å². The molecule has 4 N–H and O–H groups in total. The molecule has 4 aromatic rings. The molecule has 174 valence electrons. The number of anilines is 1. The maximum absolute atomic E-state index is 12.5. The second kappa shape index (κ2) is 10.3. The highest BCUT2D eigenvalue weighted by Crippen LogP contribution is 2.23. The van der Waals surface area contributed by atoms with Crippen LogP contribution in [0.3, 0.4) is 0 Å². The van der Waals surface area contributed by atoms with Crippen molar-refractivity contribution < 1.29 is 18.5 Å². The van der Waals surface area contributed by atoms with Gasteiger partial charge in [-0.05, 0) is 54.4 Å². The molecular formula is C24H23N5O4S. The van der Waals surface area contributed by atoms with Crippen molar-refractivity contribution in [2.75, 3.05) is 11.1 Å². The van der Waals surface area contributed by atoms with Crippen LogP contribution in [-0.4, -0.2) is 36.7 Å². The van der Waals surface area contributed by atoms with E-state index in [-0.39, 0.29) is 23.8 Å². The van der Waals surface area contributed by atoms with E-state index in [0.717, 1.165) is 16.9 Å². The number of imidazole rings is 1. The molecule has 0 fully saturated rings. The molecule has 9 nitrogen and oxygen atoms in total. The van der Waals surface area contributed by atoms with Crippen LogP contribution >= 0.6 is 0 Å². The molecule has 2 aromatic heterocycles. The van der Waals surface area contributed by atoms with Gasteiger partial charge in [-0.25, -0.2) is 9.97 Å². The summed E-state index contributed by atoms with van der Waals surface area (Å²) in [7, 11) is -1.06. The van der Waals surface area contributed by atoms with E-state index < -0.39 is 16.7 Å². The van der Waals surface area contributed by atoms with Crippen molar-refractivity contribution in [3.8, 4) is 11.6 Å². The van der Waals surface area contributed by atoms with E-state index in [1.165, 1.54) is 12.3 Å². The fraction of sp³-hybridized carbons (Fsp3) is 0.167. The molecule has 0 aliphatic rings. The molecule has 0 saturated heterocycles. The highest BCUT2D eigenvalue weighted by atomic mass is 32.2. The summed E-state index contributed by atoms with van der Waals surface area (Å²) < 4.78 is 17.9. The Morgan fingerprint density at radius 2 is 1.94 bits per heavy atom. The van der Waals surface area contributed by atoms with Crippen molar-refractivity contribution in [2.24, 2.45) is 5.73 Å². The highest BCUT2D eigenvalue weighted by Gasteiger charge is 2.13. The molecule has 2 heterocycles. The lowest BCUT2D eigenvalue weighted by molar-refractivity contribution is -0.115. The summed E-state index contributed by atoms with van der Waals surface area (Å²) in [5, 5.41) is 2.75. The topological polar surface area (TPSA) is 140 Å². The predicted octanol–water partition coefficient (Wildman–Crippen LogP) is 3.55. The van der Waals surface area contributed by atoms with Crippen molar-refractivity contribution in [1.82, 2.24) is 15.0 Å². The van der Waals surface area contributed by atoms with Crippen molar-refractivity contribution in [3.63, 3.8) is 0 Å². The van der Waals surface area contributed by atoms with Gasteiger partial charge in [0.15, 0.2) is 0 Å². The van der Waals surface area contributed by atoms with Gasteiger partial charge in [-0.2, -0.15) is 0 Å². The first-order valence-electron chi connectivity index (χ1n) is 10.6. The lowest BCUT2D eigenvalue weighted by Gasteiger charge is -2.08. The van der Waals surface area contributed by atoms with Crippen LogP contribution in [0.4, 0.5) is 5.95 Å². The van der Waals surface area contributed by atoms with Crippen molar-refractivity contribution in [3.05, 3.63) is 71.9 Å². The summed E-state index contributed by atoms with van der Waals surface area (Å²) in [6, 6.07) is 15.4. The van der Waals surface area contributed by atoms with Gasteiger partial charge in [-0.15, -0.1) is 0 Å². The number of benzene rings is 2. The first kappa shape index (κ1) is 23.1. The number of fused-ring (bicyclic) bond motifs is 1. The summed E-state index contributed by atoms with van der Waals surface area (Å²) in [5.41, 5.74) is 7.67. The maximum atomic E-state index is 12.5. The molecule has 2 aromatic carbocycles. The number of H-pyrrole nitrogens is 1. The molecule has 1 unspecified atom stereocenters. The minimum atomic E-state index is -1.06. The Labute approximate surface area is 198 Å². The van der Waals surface area contributed by atoms with Crippen molar-refractivity contribution in [2.45, 2.75) is 24.7 Å². The number of aromatic nitrogens is 3. The molecule has 0 bridgehead atoms. The first-order valence-corrected chi connectivity index (χ1v) is 11.9. The Morgan fingerprint density at radius 3 is 2.68 bits per heavy atom. The second-order valence-electron chi connectivity index (χ2n) is 7.51. The second-order valence-corrected chi connectivity index (χ2v) is 9.08. The van der Waals surface area contributed by atoms with Crippen LogP contribution in [0.25, 0.3) is 11.0 Å². The third-order valence-electron chi connectivity index (χ3n) is 4.90. The van der Waals surface area contributed by atoms with E-state index >= 15 is 0 Å². The molecule has 10 heteroatoms. The third-order valence-corrected chi connectivity index (χ3v) is 6.46. The molecule has 1 atom stereocenters. The average molecular weight is 478 g/mol. The number of rotatable bonds is 9. The van der Waals surface area contributed by atoms with Gasteiger partial charge in [0, 0.05) is 16.8 Å². The number of ether oxygens (including phenoxy) is 1. The van der Waals surface area contributed by atoms with Crippen LogP contribution in [-0.2, 0) is 22.0 Å². The largest absolute Gasteiger partial charge is 0.438 e. The zero-order valence-corrected chi connectivity index (χ0v) is 19.2. The molecule has 0 aliphatic heterocycles. The van der Waals surface area contributed by atoms with E-state index in [2.05, 4.69) is 20.3 Å². The lowest BCUT2D eigenvalue weighted by Crippen LogP contribution is -2.15. The number of nitrogens with one attached hydrogen (secondary N) is 2. The van der Waals surface area contributed by atoms with Crippen molar-refractivity contribution in [1.29, 1.82) is 0 Å². The van der Waals surface area contributed by atoms with Gasteiger partial charge in [0.1, 0.15) is 11.3 Å². The third kappa shape index (κ3) is 5.46. The van der Waals surface area contributed by atoms with Crippen LogP contribution in [0.2, 0.25) is 0 Å². The summed E-state index contributed by atoms with van der Waals surface area (Å²) >= 11 is 0. The smallest absolute Gasteiger partial charge is 0.254 e. The predicted molar refractivity (Wildman–Crippen MR) is 129 cm³/mol. The number of nitrogens with two attached hydrogens (primary N) is 1. The molecular weight excluding hydrogens is 454 g/mol. The SMILES string of the molecule is CCCS(=O)c1ccc2nc(NC(=O)Cc3ccc(Oc4ncccc4C(N)=O)cc3)[nH]c2c1.